The van der Waals surface area contributed by atoms with Crippen LogP contribution in [0.5, 0.6) is 0 Å². The quantitative estimate of drug-likeness (QED) is 0.402. The minimum absolute atomic E-state index is 0.0122. The topological polar surface area (TPSA) is 114 Å². The number of nitro groups is 1. The molecule has 5 rings (SSSR count). The van der Waals surface area contributed by atoms with Crippen LogP contribution in [0.3, 0.4) is 0 Å². The number of hydrogen-bond acceptors (Lipinski definition) is 7. The Morgan fingerprint density at radius 2 is 1.85 bits per heavy atom. The van der Waals surface area contributed by atoms with E-state index in [0.717, 1.165) is 37.2 Å². The first kappa shape index (κ1) is 22.7. The zero-order valence-corrected chi connectivity index (χ0v) is 19.9. The summed E-state index contributed by atoms with van der Waals surface area (Å²) in [5.74, 6) is 1.39. The molecule has 10 nitrogen and oxygen atoms in total. The maximum Gasteiger partial charge on any atom is 0.293 e. The van der Waals surface area contributed by atoms with Crippen molar-refractivity contribution < 1.29 is 13.3 Å². The maximum absolute atomic E-state index is 13.2. The van der Waals surface area contributed by atoms with Crippen molar-refractivity contribution in [2.24, 2.45) is 5.92 Å². The molecule has 34 heavy (non-hydrogen) atoms. The fourth-order valence-corrected chi connectivity index (χ4v) is 6.73. The molecule has 2 fully saturated rings. The van der Waals surface area contributed by atoms with E-state index in [1.165, 1.54) is 16.4 Å². The van der Waals surface area contributed by atoms with Crippen LogP contribution in [0.4, 0.5) is 11.4 Å². The van der Waals surface area contributed by atoms with Crippen LogP contribution >= 0.6 is 0 Å². The maximum atomic E-state index is 13.2. The predicted octanol–water partition coefficient (Wildman–Crippen LogP) is 3.44. The van der Waals surface area contributed by atoms with Gasteiger partial charge < -0.3 is 4.90 Å². The molecule has 1 unspecified atom stereocenters. The van der Waals surface area contributed by atoms with Gasteiger partial charge in [0.1, 0.15) is 11.5 Å². The summed E-state index contributed by atoms with van der Waals surface area (Å²) in [6, 6.07) is 10.1. The average Bonchev–Trinajstić information content (AvgIpc) is 3.28. The van der Waals surface area contributed by atoms with Crippen molar-refractivity contribution in [3.63, 3.8) is 0 Å². The number of rotatable bonds is 5. The van der Waals surface area contributed by atoms with Gasteiger partial charge in [-0.05, 0) is 55.9 Å². The number of pyridine rings is 1. The van der Waals surface area contributed by atoms with E-state index in [9.17, 15) is 18.5 Å². The van der Waals surface area contributed by atoms with Crippen LogP contribution < -0.4 is 4.90 Å². The second-order valence-electron chi connectivity index (χ2n) is 9.27. The van der Waals surface area contributed by atoms with Crippen molar-refractivity contribution in [1.82, 2.24) is 18.9 Å². The van der Waals surface area contributed by atoms with Crippen molar-refractivity contribution in [3.8, 4) is 0 Å². The molecule has 2 aliphatic heterocycles. The highest BCUT2D eigenvalue weighted by Gasteiger charge is 2.32. The van der Waals surface area contributed by atoms with Crippen LogP contribution in [-0.2, 0) is 10.0 Å². The summed E-state index contributed by atoms with van der Waals surface area (Å²) in [5, 5.41) is 20.5. The summed E-state index contributed by atoms with van der Waals surface area (Å²) in [6.07, 6.45) is 5.30. The predicted molar refractivity (Wildman–Crippen MR) is 127 cm³/mol. The highest BCUT2D eigenvalue weighted by molar-refractivity contribution is 7.89. The molecule has 2 aliphatic rings. The van der Waals surface area contributed by atoms with Gasteiger partial charge in [-0.15, -0.1) is 10.2 Å². The molecular weight excluding hydrogens is 456 g/mol. The van der Waals surface area contributed by atoms with Gasteiger partial charge in [0.25, 0.3) is 5.69 Å². The molecule has 11 heteroatoms. The second kappa shape index (κ2) is 8.95. The fourth-order valence-electron chi connectivity index (χ4n) is 5.11. The Balaban J connectivity index is 1.36. The van der Waals surface area contributed by atoms with Gasteiger partial charge in [-0.3, -0.25) is 14.5 Å². The molecule has 1 aromatic carbocycles. The zero-order chi connectivity index (χ0) is 23.9. The minimum atomic E-state index is -3.77. The normalized spacial score (nSPS) is 20.6. The van der Waals surface area contributed by atoms with E-state index in [4.69, 9.17) is 0 Å². The molecule has 0 aliphatic carbocycles. The van der Waals surface area contributed by atoms with E-state index in [1.807, 2.05) is 40.6 Å². The lowest BCUT2D eigenvalue weighted by molar-refractivity contribution is -0.384. The Morgan fingerprint density at radius 3 is 2.59 bits per heavy atom. The Morgan fingerprint density at radius 1 is 1.06 bits per heavy atom. The van der Waals surface area contributed by atoms with Crippen LogP contribution in [0.15, 0.2) is 47.5 Å². The van der Waals surface area contributed by atoms with Crippen molar-refractivity contribution in [2.45, 2.75) is 43.4 Å². The summed E-state index contributed by atoms with van der Waals surface area (Å²) in [6.45, 7) is 4.15. The Bertz CT molecular complexity index is 1320. The molecule has 2 aromatic heterocycles. The number of benzene rings is 1. The van der Waals surface area contributed by atoms with Crippen molar-refractivity contribution in [1.29, 1.82) is 0 Å². The van der Waals surface area contributed by atoms with Crippen LogP contribution in [0.2, 0.25) is 0 Å². The van der Waals surface area contributed by atoms with Crippen LogP contribution in [0.25, 0.3) is 5.65 Å². The largest absolute Gasteiger partial charge is 0.366 e. The molecule has 0 spiro atoms. The molecule has 2 saturated heterocycles. The average molecular weight is 485 g/mol. The minimum Gasteiger partial charge on any atom is -0.366 e. The van der Waals surface area contributed by atoms with E-state index in [2.05, 4.69) is 10.2 Å². The lowest BCUT2D eigenvalue weighted by Crippen LogP contribution is -2.39. The second-order valence-corrected chi connectivity index (χ2v) is 11.2. The third-order valence-corrected chi connectivity index (χ3v) is 8.80. The van der Waals surface area contributed by atoms with Crippen molar-refractivity contribution in [2.75, 3.05) is 31.1 Å². The first-order chi connectivity index (χ1) is 16.3. The van der Waals surface area contributed by atoms with Gasteiger partial charge >= 0.3 is 0 Å². The van der Waals surface area contributed by atoms with Crippen molar-refractivity contribution >= 4 is 27.0 Å². The van der Waals surface area contributed by atoms with Gasteiger partial charge in [0.2, 0.25) is 10.0 Å². The summed E-state index contributed by atoms with van der Waals surface area (Å²) in [7, 11) is -3.77. The fraction of sp³-hybridized carbons (Fsp3) is 0.478. The van der Waals surface area contributed by atoms with Crippen molar-refractivity contribution in [3.05, 3.63) is 58.5 Å². The number of piperidine rings is 2. The van der Waals surface area contributed by atoms with E-state index < -0.39 is 14.9 Å². The number of anilines is 1. The smallest absolute Gasteiger partial charge is 0.293 e. The summed E-state index contributed by atoms with van der Waals surface area (Å²) in [4.78, 5) is 13.4. The number of fused-ring (bicyclic) bond motifs is 1. The van der Waals surface area contributed by atoms with Crippen LogP contribution in [0.1, 0.15) is 44.3 Å². The van der Waals surface area contributed by atoms with E-state index >= 15 is 0 Å². The molecular formula is C23H28N6O4S. The molecule has 0 saturated carbocycles. The van der Waals surface area contributed by atoms with Crippen LogP contribution in [0, 0.1) is 16.0 Å². The first-order valence-electron chi connectivity index (χ1n) is 11.7. The van der Waals surface area contributed by atoms with Gasteiger partial charge in [0.15, 0.2) is 5.65 Å². The molecule has 0 radical (unpaired) electrons. The third-order valence-electron chi connectivity index (χ3n) is 6.94. The molecule has 4 heterocycles. The van der Waals surface area contributed by atoms with Gasteiger partial charge in [0.05, 0.1) is 9.82 Å². The molecule has 0 amide bonds. The van der Waals surface area contributed by atoms with Gasteiger partial charge in [-0.1, -0.05) is 13.0 Å². The van der Waals surface area contributed by atoms with Gasteiger partial charge in [0, 0.05) is 44.4 Å². The highest BCUT2D eigenvalue weighted by atomic mass is 32.2. The Kier molecular flexibility index (Phi) is 5.98. The van der Waals surface area contributed by atoms with Gasteiger partial charge in [-0.25, -0.2) is 8.42 Å². The number of sulfonamides is 1. The number of nitrogens with zero attached hydrogens (tertiary/aromatic N) is 6. The van der Waals surface area contributed by atoms with Crippen LogP contribution in [-0.4, -0.2) is 58.4 Å². The molecule has 0 bridgehead atoms. The standard InChI is InChI=1S/C23H28N6O4S/c1-17-5-4-11-27(16-17)34(32,33)19-7-8-20(21(15-19)29(30)31)26-13-9-18(10-14-26)23-25-24-22-6-2-3-12-28(22)23/h2-3,6-8,12,15,17-18H,4-5,9-11,13-14,16H2,1H3. The summed E-state index contributed by atoms with van der Waals surface area (Å²) >= 11 is 0. The zero-order valence-electron chi connectivity index (χ0n) is 19.1. The number of nitro benzene ring substituents is 1. The lowest BCUT2D eigenvalue weighted by atomic mass is 9.95. The lowest BCUT2D eigenvalue weighted by Gasteiger charge is -2.33. The number of aromatic nitrogens is 3. The third kappa shape index (κ3) is 4.14. The molecule has 180 valence electrons. The first-order valence-corrected chi connectivity index (χ1v) is 13.1. The molecule has 3 aromatic rings. The molecule has 0 N–H and O–H groups in total. The van der Waals surface area contributed by atoms with E-state index in [0.29, 0.717) is 31.9 Å². The molecule has 1 atom stereocenters. The summed E-state index contributed by atoms with van der Waals surface area (Å²) < 4.78 is 29.7. The highest BCUT2D eigenvalue weighted by Crippen LogP contribution is 2.36. The Labute approximate surface area is 198 Å². The van der Waals surface area contributed by atoms with Gasteiger partial charge in [-0.2, -0.15) is 4.31 Å². The van der Waals surface area contributed by atoms with E-state index in [-0.39, 0.29) is 22.4 Å². The summed E-state index contributed by atoms with van der Waals surface area (Å²) in [5.41, 5.74) is 1.09. The number of hydrogen-bond donors (Lipinski definition) is 0. The monoisotopic (exact) mass is 484 g/mol. The SMILES string of the molecule is CC1CCCN(S(=O)(=O)c2ccc(N3CCC(c4nnc5ccccn45)CC3)c([N+](=O)[O-])c2)C1. The Hall–Kier alpha value is -3.05. The van der Waals surface area contributed by atoms with E-state index in [1.54, 1.807) is 6.07 Å².